The van der Waals surface area contributed by atoms with E-state index in [0.29, 0.717) is 43.4 Å². The third-order valence-electron chi connectivity index (χ3n) is 5.69. The molecule has 0 spiro atoms. The molecule has 1 saturated carbocycles. The second-order valence-corrected chi connectivity index (χ2v) is 7.72. The summed E-state index contributed by atoms with van der Waals surface area (Å²) in [6, 6.07) is 0. The second kappa shape index (κ2) is 9.37. The van der Waals surface area contributed by atoms with E-state index in [-0.39, 0.29) is 24.0 Å². The average Bonchev–Trinajstić information content (AvgIpc) is 3.52. The number of rotatable bonds is 12. The lowest BCUT2D eigenvalue weighted by atomic mass is 9.70. The number of fused-ring (bicyclic) bond motifs is 1. The maximum Gasteiger partial charge on any atom is 0.341 e. The topological polar surface area (TPSA) is 126 Å². The summed E-state index contributed by atoms with van der Waals surface area (Å²) >= 11 is 0. The van der Waals surface area contributed by atoms with Gasteiger partial charge in [0, 0.05) is 24.1 Å². The lowest BCUT2D eigenvalue weighted by Crippen LogP contribution is -2.32. The number of carbonyl (C=O) groups is 2. The van der Waals surface area contributed by atoms with Crippen LogP contribution < -0.4 is 5.43 Å². The maximum atomic E-state index is 12.6. The molecule has 1 atom stereocenters. The van der Waals surface area contributed by atoms with E-state index in [0.717, 1.165) is 25.7 Å². The number of hydrogen-bond acceptors (Lipinski definition) is 5. The van der Waals surface area contributed by atoms with Gasteiger partial charge in [-0.05, 0) is 49.5 Å². The van der Waals surface area contributed by atoms with Gasteiger partial charge in [-0.15, -0.1) is 0 Å². The van der Waals surface area contributed by atoms with Crippen LogP contribution in [0.2, 0.25) is 0 Å². The predicted octanol–water partition coefficient (Wildman–Crippen LogP) is 2.33. The number of ether oxygens (including phenoxy) is 2. The molecule has 8 heteroatoms. The van der Waals surface area contributed by atoms with Gasteiger partial charge in [0.25, 0.3) is 0 Å². The molecule has 1 heterocycles. The Balaban J connectivity index is 1.52. The third-order valence-corrected chi connectivity index (χ3v) is 5.69. The number of pyridine rings is 1. The summed E-state index contributed by atoms with van der Waals surface area (Å²) < 4.78 is 10.8. The van der Waals surface area contributed by atoms with E-state index in [1.807, 2.05) is 6.08 Å². The van der Waals surface area contributed by atoms with Crippen molar-refractivity contribution in [2.75, 3.05) is 26.4 Å². The minimum absolute atomic E-state index is 0.0135. The Kier molecular flexibility index (Phi) is 6.87. The van der Waals surface area contributed by atoms with Crippen LogP contribution in [0, 0.1) is 11.3 Å². The Hall–Kier alpha value is -2.45. The molecule has 1 unspecified atom stereocenters. The monoisotopic (exact) mass is 405 g/mol. The van der Waals surface area contributed by atoms with Gasteiger partial charge in [-0.1, -0.05) is 6.08 Å². The molecule has 2 aliphatic carbocycles. The molecule has 3 rings (SSSR count). The van der Waals surface area contributed by atoms with Gasteiger partial charge < -0.3 is 24.7 Å². The Morgan fingerprint density at radius 3 is 2.52 bits per heavy atom. The van der Waals surface area contributed by atoms with Gasteiger partial charge in [0.15, 0.2) is 5.43 Å². The van der Waals surface area contributed by atoms with E-state index in [1.165, 1.54) is 6.20 Å². The van der Waals surface area contributed by atoms with E-state index in [1.54, 1.807) is 0 Å². The Bertz CT molecular complexity index is 840. The third kappa shape index (κ3) is 5.33. The number of aromatic amines is 1. The van der Waals surface area contributed by atoms with E-state index < -0.39 is 17.4 Å². The summed E-state index contributed by atoms with van der Waals surface area (Å²) in [6.07, 6.45) is 9.83. The van der Waals surface area contributed by atoms with Crippen LogP contribution in [0.25, 0.3) is 6.08 Å². The van der Waals surface area contributed by atoms with Gasteiger partial charge in [0.05, 0.1) is 26.2 Å². The minimum atomic E-state index is -1.21. The molecular weight excluding hydrogens is 378 g/mol. The Labute approximate surface area is 168 Å². The fourth-order valence-electron chi connectivity index (χ4n) is 4.01. The quantitative estimate of drug-likeness (QED) is 0.456. The lowest BCUT2D eigenvalue weighted by Gasteiger charge is -2.34. The van der Waals surface area contributed by atoms with Crippen LogP contribution in [-0.2, 0) is 20.7 Å². The number of nitrogens with one attached hydrogen (secondary N) is 1. The molecule has 2 aliphatic rings. The summed E-state index contributed by atoms with van der Waals surface area (Å²) in [4.78, 5) is 37.3. The van der Waals surface area contributed by atoms with Gasteiger partial charge in [0.2, 0.25) is 0 Å². The highest BCUT2D eigenvalue weighted by molar-refractivity contribution is 5.87. The zero-order chi connectivity index (χ0) is 20.9. The zero-order valence-corrected chi connectivity index (χ0v) is 16.3. The van der Waals surface area contributed by atoms with E-state index >= 15 is 0 Å². The highest BCUT2D eigenvalue weighted by Gasteiger charge is 2.45. The van der Waals surface area contributed by atoms with Gasteiger partial charge >= 0.3 is 11.9 Å². The SMILES string of the molecule is O=C(O)CCOCCOCCCC1(C2CC2)C=Cc2[nH]cc(C(=O)O)c(=O)c2C1. The molecule has 0 aliphatic heterocycles. The number of allylic oxidation sites excluding steroid dienone is 1. The maximum absolute atomic E-state index is 12.6. The van der Waals surface area contributed by atoms with Gasteiger partial charge in [-0.25, -0.2) is 4.79 Å². The molecule has 1 fully saturated rings. The summed E-state index contributed by atoms with van der Waals surface area (Å²) in [5, 5.41) is 17.8. The van der Waals surface area contributed by atoms with Crippen molar-refractivity contribution in [3.05, 3.63) is 39.3 Å². The van der Waals surface area contributed by atoms with Crippen LogP contribution in [0.4, 0.5) is 0 Å². The molecular formula is C21H27NO7. The van der Waals surface area contributed by atoms with Crippen molar-refractivity contribution in [3.8, 4) is 0 Å². The molecule has 0 bridgehead atoms. The molecule has 0 saturated heterocycles. The van der Waals surface area contributed by atoms with E-state index in [9.17, 15) is 19.5 Å². The van der Waals surface area contributed by atoms with Crippen molar-refractivity contribution in [2.45, 2.75) is 38.5 Å². The predicted molar refractivity (Wildman–Crippen MR) is 105 cm³/mol. The minimum Gasteiger partial charge on any atom is -0.481 e. The first kappa shape index (κ1) is 21.3. The van der Waals surface area contributed by atoms with Crippen LogP contribution in [0.1, 0.15) is 53.7 Å². The summed E-state index contributed by atoms with van der Waals surface area (Å²) in [7, 11) is 0. The van der Waals surface area contributed by atoms with Crippen molar-refractivity contribution < 1.29 is 29.3 Å². The first-order valence-electron chi connectivity index (χ1n) is 9.97. The van der Waals surface area contributed by atoms with Crippen LogP contribution in [0.5, 0.6) is 0 Å². The first-order chi connectivity index (χ1) is 13.9. The van der Waals surface area contributed by atoms with Crippen molar-refractivity contribution >= 4 is 18.0 Å². The number of aromatic carboxylic acids is 1. The van der Waals surface area contributed by atoms with Crippen molar-refractivity contribution in [1.82, 2.24) is 4.98 Å². The van der Waals surface area contributed by atoms with Gasteiger partial charge in [0.1, 0.15) is 5.56 Å². The summed E-state index contributed by atoms with van der Waals surface area (Å²) in [5.74, 6) is -1.58. The highest BCUT2D eigenvalue weighted by atomic mass is 16.5. The lowest BCUT2D eigenvalue weighted by molar-refractivity contribution is -0.138. The fourth-order valence-corrected chi connectivity index (χ4v) is 4.01. The number of aromatic nitrogens is 1. The number of aliphatic carboxylic acids is 1. The van der Waals surface area contributed by atoms with Crippen LogP contribution >= 0.6 is 0 Å². The molecule has 3 N–H and O–H groups in total. The Morgan fingerprint density at radius 1 is 1.14 bits per heavy atom. The van der Waals surface area contributed by atoms with Crippen LogP contribution in [0.3, 0.4) is 0 Å². The summed E-state index contributed by atoms with van der Waals surface area (Å²) in [5.41, 5.74) is 0.529. The zero-order valence-electron chi connectivity index (χ0n) is 16.3. The fraction of sp³-hybridized carbons (Fsp3) is 0.571. The van der Waals surface area contributed by atoms with Crippen LogP contribution in [0.15, 0.2) is 17.1 Å². The normalized spacial score (nSPS) is 20.4. The van der Waals surface area contributed by atoms with E-state index in [2.05, 4.69) is 11.1 Å². The summed E-state index contributed by atoms with van der Waals surface area (Å²) in [6.45, 7) is 1.52. The molecule has 1 aromatic heterocycles. The molecule has 0 radical (unpaired) electrons. The molecule has 0 amide bonds. The van der Waals surface area contributed by atoms with Gasteiger partial charge in [-0.3, -0.25) is 9.59 Å². The number of carboxylic acids is 2. The molecule has 29 heavy (non-hydrogen) atoms. The standard InChI is InChI=1S/C21H27NO7/c23-18(24)5-9-29-11-10-28-8-1-6-21(14-2-3-14)7-4-17-15(12-21)19(25)16(13-22-17)20(26)27/h4,7,13-14H,1-3,5-6,8-12H2,(H,22,25)(H,23,24)(H,26,27). The van der Waals surface area contributed by atoms with Gasteiger partial charge in [-0.2, -0.15) is 0 Å². The van der Waals surface area contributed by atoms with Crippen molar-refractivity contribution in [1.29, 1.82) is 0 Å². The first-order valence-corrected chi connectivity index (χ1v) is 9.97. The van der Waals surface area contributed by atoms with Crippen molar-refractivity contribution in [3.63, 3.8) is 0 Å². The van der Waals surface area contributed by atoms with Crippen LogP contribution in [-0.4, -0.2) is 53.6 Å². The Morgan fingerprint density at radius 2 is 1.86 bits per heavy atom. The van der Waals surface area contributed by atoms with E-state index in [4.69, 9.17) is 14.6 Å². The number of hydrogen-bond donors (Lipinski definition) is 3. The number of carboxylic acid groups (broad SMARTS) is 2. The van der Waals surface area contributed by atoms with Crippen molar-refractivity contribution in [2.24, 2.45) is 11.3 Å². The largest absolute Gasteiger partial charge is 0.481 e. The molecule has 0 aromatic carbocycles. The smallest absolute Gasteiger partial charge is 0.341 e. The average molecular weight is 405 g/mol. The number of H-pyrrole nitrogens is 1. The molecule has 158 valence electrons. The molecule has 8 nitrogen and oxygen atoms in total. The second-order valence-electron chi connectivity index (χ2n) is 7.72. The molecule has 1 aromatic rings. The highest BCUT2D eigenvalue weighted by Crippen LogP contribution is 2.52.